The Morgan fingerprint density at radius 2 is 0.864 bits per heavy atom. The van der Waals surface area contributed by atoms with Gasteiger partial charge < -0.3 is 9.13 Å². The van der Waals surface area contributed by atoms with E-state index in [0.29, 0.717) is 0 Å². The molecule has 0 bridgehead atoms. The Morgan fingerprint density at radius 1 is 0.318 bits per heavy atom. The number of para-hydroxylation sites is 3. The highest BCUT2D eigenvalue weighted by Crippen LogP contribution is 2.39. The minimum atomic E-state index is 0.0325. The average Bonchev–Trinajstić information content (AvgIpc) is 3.90. The van der Waals surface area contributed by atoms with E-state index in [9.17, 15) is 0 Å². The number of nitrogens with zero attached hydrogens (tertiary/aromatic N) is 2. The van der Waals surface area contributed by atoms with Gasteiger partial charge in [0.15, 0.2) is 0 Å². The fourth-order valence-corrected chi connectivity index (χ4v) is 13.7. The van der Waals surface area contributed by atoms with Gasteiger partial charge in [0, 0.05) is 52.5 Å². The molecule has 2 aromatic heterocycles. The Hall–Kier alpha value is -7.37. The first-order valence-corrected chi connectivity index (χ1v) is 24.4. The topological polar surface area (TPSA) is 9.86 Å². The van der Waals surface area contributed by atoms with Crippen LogP contribution < -0.4 is 32.8 Å². The van der Waals surface area contributed by atoms with Gasteiger partial charge in [-0.25, -0.2) is 0 Å². The second-order valence-corrected chi connectivity index (χ2v) is 19.6. The Bertz CT molecular complexity index is 3870. The largest absolute Gasteiger partial charge is 0.309 e. The summed E-state index contributed by atoms with van der Waals surface area (Å²) >= 11 is 3.88. The molecule has 0 saturated carbocycles. The number of fused-ring (bicyclic) bond motifs is 11. The second kappa shape index (κ2) is 15.1. The van der Waals surface area contributed by atoms with E-state index in [2.05, 4.69) is 240 Å². The van der Waals surface area contributed by atoms with Crippen LogP contribution in [-0.4, -0.2) is 22.6 Å². The molecule has 0 spiro atoms. The van der Waals surface area contributed by atoms with E-state index >= 15 is 0 Å². The monoisotopic (exact) mass is 872 g/mol. The summed E-state index contributed by atoms with van der Waals surface area (Å²) in [6, 6.07) is 85.9. The quantitative estimate of drug-likeness (QED) is 0.159. The highest BCUT2D eigenvalue weighted by Gasteiger charge is 2.40. The van der Waals surface area contributed by atoms with Gasteiger partial charge in [-0.05, 0) is 83.3 Å². The van der Waals surface area contributed by atoms with Crippen LogP contribution in [0.5, 0.6) is 0 Å². The van der Waals surface area contributed by atoms with Gasteiger partial charge in [-0.2, -0.15) is 0 Å². The molecule has 66 heavy (non-hydrogen) atoms. The molecule has 6 heteroatoms. The van der Waals surface area contributed by atoms with Crippen LogP contribution in [0.25, 0.3) is 66.1 Å². The molecule has 12 aromatic rings. The van der Waals surface area contributed by atoms with E-state index in [1.165, 1.54) is 107 Å². The molecule has 4 heterocycles. The zero-order chi connectivity index (χ0) is 43.3. The number of benzene rings is 10. The molecule has 0 unspecified atom stereocenters. The molecule has 0 atom stereocenters. The SMILES string of the molecule is c1ccc(-c2ccccc2B2c3ccccc3Sc3c2ccc2c3B(c3cccc(-n4c5ccccc5c5cc(-n6c7ccccc7c7ccccc76)ccc54)c3)c3ccccc3S2)cc1. The fraction of sp³-hybridized carbons (Fsp3) is 0. The Kier molecular flexibility index (Phi) is 8.68. The maximum atomic E-state index is 2.48. The van der Waals surface area contributed by atoms with Crippen LogP contribution in [-0.2, 0) is 0 Å². The first-order chi connectivity index (χ1) is 32.8. The van der Waals surface area contributed by atoms with Crippen LogP contribution in [0.4, 0.5) is 0 Å². The number of hydrogen-bond donors (Lipinski definition) is 0. The normalized spacial score (nSPS) is 13.0. The number of rotatable bonds is 5. The molecule has 0 saturated heterocycles. The van der Waals surface area contributed by atoms with Crippen molar-refractivity contribution in [2.24, 2.45) is 0 Å². The summed E-state index contributed by atoms with van der Waals surface area (Å²) < 4.78 is 4.91. The molecule has 14 rings (SSSR count). The van der Waals surface area contributed by atoms with Crippen LogP contribution in [0, 0.1) is 0 Å². The molecule has 0 amide bonds. The van der Waals surface area contributed by atoms with Gasteiger partial charge >= 0.3 is 0 Å². The molecule has 10 aromatic carbocycles. The Morgan fingerprint density at radius 3 is 1.58 bits per heavy atom. The molecule has 2 nitrogen and oxygen atoms in total. The zero-order valence-corrected chi connectivity index (χ0v) is 37.4. The lowest BCUT2D eigenvalue weighted by Crippen LogP contribution is -2.61. The summed E-state index contributed by atoms with van der Waals surface area (Å²) in [5, 5.41) is 5.03. The third kappa shape index (κ3) is 5.75. The van der Waals surface area contributed by atoms with Crippen LogP contribution >= 0.6 is 23.5 Å². The Balaban J connectivity index is 0.960. The summed E-state index contributed by atoms with van der Waals surface area (Å²) in [7, 11) is 0. The van der Waals surface area contributed by atoms with E-state index in [4.69, 9.17) is 0 Å². The summed E-state index contributed by atoms with van der Waals surface area (Å²) in [5.41, 5.74) is 17.8. The van der Waals surface area contributed by atoms with Gasteiger partial charge in [-0.15, -0.1) is 0 Å². The van der Waals surface area contributed by atoms with Crippen LogP contribution in [0.15, 0.2) is 250 Å². The van der Waals surface area contributed by atoms with Crippen LogP contribution in [0.3, 0.4) is 0 Å². The van der Waals surface area contributed by atoms with Gasteiger partial charge in [0.2, 0.25) is 13.4 Å². The van der Waals surface area contributed by atoms with Crippen LogP contribution in [0.2, 0.25) is 0 Å². The molecule has 0 aliphatic carbocycles. The standard InChI is InChI=1S/C60H38B2N2S2/c1-2-17-39(18-3-1)43-21-4-8-25-48(43)62-50-27-10-15-32-57(50)66-60-51(62)34-36-58-59(60)61(49-26-9-14-31-56(49)65-58)40-19-16-20-41(37-40)63-54-30-13-7-24-46(54)47-38-42(33-35-55(47)63)64-52-28-11-5-22-44(52)45-23-6-12-29-53(45)64/h1-38H. The predicted octanol–water partition coefficient (Wildman–Crippen LogP) is 11.5. The molecule has 0 N–H and O–H groups in total. The molecule has 2 aliphatic heterocycles. The minimum Gasteiger partial charge on any atom is -0.309 e. The number of aromatic nitrogens is 2. The zero-order valence-electron chi connectivity index (χ0n) is 35.8. The van der Waals surface area contributed by atoms with E-state index in [1.54, 1.807) is 0 Å². The van der Waals surface area contributed by atoms with Crippen molar-refractivity contribution in [3.63, 3.8) is 0 Å². The molecular formula is C60H38B2N2S2. The molecular weight excluding hydrogens is 834 g/mol. The van der Waals surface area contributed by atoms with Crippen molar-refractivity contribution in [1.29, 1.82) is 0 Å². The predicted molar refractivity (Wildman–Crippen MR) is 284 cm³/mol. The van der Waals surface area contributed by atoms with Gasteiger partial charge in [0.1, 0.15) is 0 Å². The first-order valence-electron chi connectivity index (χ1n) is 22.7. The van der Waals surface area contributed by atoms with Crippen molar-refractivity contribution >= 4 is 113 Å². The number of hydrogen-bond acceptors (Lipinski definition) is 2. The summed E-state index contributed by atoms with van der Waals surface area (Å²) in [6.45, 7) is 0.114. The maximum absolute atomic E-state index is 2.48. The lowest BCUT2D eigenvalue weighted by Gasteiger charge is -2.34. The van der Waals surface area contributed by atoms with Crippen molar-refractivity contribution in [1.82, 2.24) is 9.13 Å². The minimum absolute atomic E-state index is 0.0325. The van der Waals surface area contributed by atoms with Gasteiger partial charge in [0.05, 0.1) is 22.1 Å². The van der Waals surface area contributed by atoms with Crippen molar-refractivity contribution in [2.45, 2.75) is 19.6 Å². The van der Waals surface area contributed by atoms with Gasteiger partial charge in [-0.1, -0.05) is 215 Å². The average molecular weight is 873 g/mol. The summed E-state index contributed by atoms with van der Waals surface area (Å²) in [5.74, 6) is 0. The van der Waals surface area contributed by atoms with Gasteiger partial charge in [0.25, 0.3) is 0 Å². The molecule has 0 radical (unpaired) electrons. The smallest absolute Gasteiger partial charge is 0.245 e. The summed E-state index contributed by atoms with van der Waals surface area (Å²) in [6.07, 6.45) is 0. The first kappa shape index (κ1) is 38.0. The van der Waals surface area contributed by atoms with Crippen molar-refractivity contribution in [2.75, 3.05) is 0 Å². The van der Waals surface area contributed by atoms with E-state index in [0.717, 1.165) is 11.4 Å². The highest BCUT2D eigenvalue weighted by atomic mass is 32.2. The summed E-state index contributed by atoms with van der Waals surface area (Å²) in [4.78, 5) is 5.36. The Labute approximate surface area is 392 Å². The van der Waals surface area contributed by atoms with Crippen LogP contribution in [0.1, 0.15) is 0 Å². The maximum Gasteiger partial charge on any atom is 0.245 e. The second-order valence-electron chi connectivity index (χ2n) is 17.5. The van der Waals surface area contributed by atoms with Crippen molar-refractivity contribution in [3.8, 4) is 22.5 Å². The lowest BCUT2D eigenvalue weighted by atomic mass is 9.33. The molecule has 306 valence electrons. The highest BCUT2D eigenvalue weighted by molar-refractivity contribution is 8.01. The van der Waals surface area contributed by atoms with E-state index < -0.39 is 0 Å². The lowest BCUT2D eigenvalue weighted by molar-refractivity contribution is 1.17. The van der Waals surface area contributed by atoms with Crippen molar-refractivity contribution < 1.29 is 0 Å². The van der Waals surface area contributed by atoms with E-state index in [-0.39, 0.29) is 13.4 Å². The molecule has 2 aliphatic rings. The fourth-order valence-electron chi connectivity index (χ4n) is 11.2. The van der Waals surface area contributed by atoms with Gasteiger partial charge in [-0.3, -0.25) is 0 Å². The van der Waals surface area contributed by atoms with E-state index in [1.807, 2.05) is 23.5 Å². The third-order valence-electron chi connectivity index (χ3n) is 14.0. The molecule has 0 fully saturated rings. The van der Waals surface area contributed by atoms with Crippen molar-refractivity contribution in [3.05, 3.63) is 231 Å². The third-order valence-corrected chi connectivity index (χ3v) is 16.4.